The van der Waals surface area contributed by atoms with Crippen molar-refractivity contribution in [3.63, 3.8) is 0 Å². The molecule has 0 saturated heterocycles. The van der Waals surface area contributed by atoms with Crippen molar-refractivity contribution in [2.24, 2.45) is 0 Å². The van der Waals surface area contributed by atoms with Gasteiger partial charge in [0.05, 0.1) is 11.1 Å². The van der Waals surface area contributed by atoms with Gasteiger partial charge in [-0.15, -0.1) is 0 Å². The van der Waals surface area contributed by atoms with E-state index in [4.69, 9.17) is 4.74 Å². The molecule has 0 fully saturated rings. The number of fused-ring (bicyclic) bond motifs is 1. The molecule has 0 bridgehead atoms. The molecular formula is C17H23NO3. The van der Waals surface area contributed by atoms with Gasteiger partial charge in [-0.25, -0.2) is 0 Å². The number of carbonyl (C=O) groups excluding carboxylic acids is 1. The summed E-state index contributed by atoms with van der Waals surface area (Å²) >= 11 is 0. The lowest BCUT2D eigenvalue weighted by Gasteiger charge is -2.20. The van der Waals surface area contributed by atoms with Crippen LogP contribution in [0.2, 0.25) is 0 Å². The van der Waals surface area contributed by atoms with E-state index in [0.717, 1.165) is 24.2 Å². The second-order valence-corrected chi connectivity index (χ2v) is 5.62. The van der Waals surface area contributed by atoms with Crippen molar-refractivity contribution in [1.82, 2.24) is 4.90 Å². The van der Waals surface area contributed by atoms with Gasteiger partial charge in [0, 0.05) is 6.54 Å². The van der Waals surface area contributed by atoms with Crippen LogP contribution in [0.25, 0.3) is 0 Å². The first-order valence-corrected chi connectivity index (χ1v) is 7.38. The molecule has 0 aliphatic carbocycles. The number of nitrogens with zero attached hydrogens (tertiary/aromatic N) is 1. The van der Waals surface area contributed by atoms with E-state index >= 15 is 0 Å². The lowest BCUT2D eigenvalue weighted by molar-refractivity contribution is 0.101. The Morgan fingerprint density at radius 3 is 2.43 bits per heavy atom. The van der Waals surface area contributed by atoms with Crippen LogP contribution in [0.3, 0.4) is 0 Å². The van der Waals surface area contributed by atoms with Crippen molar-refractivity contribution in [2.75, 3.05) is 13.1 Å². The van der Waals surface area contributed by atoms with E-state index < -0.39 is 0 Å². The minimum atomic E-state index is -0.0803. The first kappa shape index (κ1) is 15.6. The summed E-state index contributed by atoms with van der Waals surface area (Å²) in [5.41, 5.74) is 2.89. The smallest absolute Gasteiger partial charge is 0.232 e. The van der Waals surface area contributed by atoms with E-state index in [1.165, 1.54) is 0 Å². The van der Waals surface area contributed by atoms with Crippen molar-refractivity contribution in [3.05, 3.63) is 34.1 Å². The van der Waals surface area contributed by atoms with Crippen LogP contribution in [-0.2, 0) is 6.54 Å². The molecule has 0 spiro atoms. The highest BCUT2D eigenvalue weighted by Crippen LogP contribution is 2.42. The Kier molecular flexibility index (Phi) is 4.37. The number of rotatable bonds is 4. The van der Waals surface area contributed by atoms with Gasteiger partial charge in [-0.2, -0.15) is 0 Å². The Morgan fingerprint density at radius 2 is 1.90 bits per heavy atom. The lowest BCUT2D eigenvalue weighted by Crippen LogP contribution is -2.22. The molecule has 1 aliphatic rings. The topological polar surface area (TPSA) is 49.8 Å². The van der Waals surface area contributed by atoms with Gasteiger partial charge in [0.2, 0.25) is 5.78 Å². The molecule has 114 valence electrons. The summed E-state index contributed by atoms with van der Waals surface area (Å²) < 4.78 is 5.81. The number of hydrogen-bond donors (Lipinski definition) is 1. The molecule has 1 heterocycles. The second kappa shape index (κ2) is 5.90. The summed E-state index contributed by atoms with van der Waals surface area (Å²) in [6.45, 7) is 12.0. The van der Waals surface area contributed by atoms with E-state index in [0.29, 0.717) is 29.2 Å². The van der Waals surface area contributed by atoms with Gasteiger partial charge < -0.3 is 9.84 Å². The van der Waals surface area contributed by atoms with E-state index in [9.17, 15) is 9.90 Å². The van der Waals surface area contributed by atoms with Crippen LogP contribution in [0.1, 0.15) is 49.2 Å². The number of aromatic hydroxyl groups is 1. The van der Waals surface area contributed by atoms with E-state index in [1.54, 1.807) is 6.07 Å². The molecule has 0 unspecified atom stereocenters. The number of phenols is 1. The zero-order valence-electron chi connectivity index (χ0n) is 13.4. The van der Waals surface area contributed by atoms with Gasteiger partial charge in [-0.05, 0) is 51.1 Å². The van der Waals surface area contributed by atoms with Crippen LogP contribution in [0.5, 0.6) is 11.5 Å². The van der Waals surface area contributed by atoms with E-state index in [2.05, 4.69) is 18.7 Å². The monoisotopic (exact) mass is 289 g/mol. The third kappa shape index (κ3) is 2.68. The predicted octanol–water partition coefficient (Wildman–Crippen LogP) is 3.41. The Balaban J connectivity index is 2.56. The minimum Gasteiger partial charge on any atom is -0.507 e. The van der Waals surface area contributed by atoms with Crippen LogP contribution in [0.15, 0.2) is 17.4 Å². The maximum absolute atomic E-state index is 12.5. The third-order valence-corrected chi connectivity index (χ3v) is 3.93. The molecule has 1 aromatic rings. The summed E-state index contributed by atoms with van der Waals surface area (Å²) in [4.78, 5) is 14.6. The van der Waals surface area contributed by atoms with Gasteiger partial charge >= 0.3 is 0 Å². The van der Waals surface area contributed by atoms with E-state index in [-0.39, 0.29) is 11.5 Å². The molecule has 0 atom stereocenters. The average molecular weight is 289 g/mol. The summed E-state index contributed by atoms with van der Waals surface area (Å²) in [6.07, 6.45) is 0. The van der Waals surface area contributed by atoms with Gasteiger partial charge in [-0.1, -0.05) is 13.8 Å². The summed E-state index contributed by atoms with van der Waals surface area (Å²) in [5, 5.41) is 10.3. The number of allylic oxidation sites excluding steroid dienone is 2. The van der Waals surface area contributed by atoms with Crippen molar-refractivity contribution in [3.8, 4) is 11.5 Å². The zero-order valence-corrected chi connectivity index (χ0v) is 13.4. The maximum atomic E-state index is 12.5. The molecule has 1 aromatic carbocycles. The standard InChI is InChI=1S/C17H23NO3/c1-6-18(7-2)9-12-13(19)8-11(5)14-15(20)16(10(3)4)21-17(12)14/h8,19H,6-7,9H2,1-5H3. The van der Waals surface area contributed by atoms with Gasteiger partial charge in [0.1, 0.15) is 11.5 Å². The average Bonchev–Trinajstić information content (AvgIpc) is 2.77. The summed E-state index contributed by atoms with van der Waals surface area (Å²) in [6, 6.07) is 1.66. The van der Waals surface area contributed by atoms with Crippen LogP contribution >= 0.6 is 0 Å². The molecule has 0 amide bonds. The molecule has 1 aliphatic heterocycles. The SMILES string of the molecule is CCN(CC)Cc1c(O)cc(C)c2c1OC(=C(C)C)C2=O. The fourth-order valence-electron chi connectivity index (χ4n) is 2.62. The minimum absolute atomic E-state index is 0.0803. The Morgan fingerprint density at radius 1 is 1.29 bits per heavy atom. The lowest BCUT2D eigenvalue weighted by atomic mass is 9.99. The molecular weight excluding hydrogens is 266 g/mol. The molecule has 21 heavy (non-hydrogen) atoms. The van der Waals surface area contributed by atoms with Crippen LogP contribution < -0.4 is 4.74 Å². The normalized spacial score (nSPS) is 13.6. The van der Waals surface area contributed by atoms with Crippen LogP contribution in [-0.4, -0.2) is 28.9 Å². The number of ether oxygens (including phenoxy) is 1. The quantitative estimate of drug-likeness (QED) is 0.863. The Labute approximate surface area is 126 Å². The molecule has 0 radical (unpaired) electrons. The highest BCUT2D eigenvalue weighted by Gasteiger charge is 2.33. The summed E-state index contributed by atoms with van der Waals surface area (Å²) in [7, 11) is 0. The predicted molar refractivity (Wildman–Crippen MR) is 82.8 cm³/mol. The van der Waals surface area contributed by atoms with E-state index in [1.807, 2.05) is 20.8 Å². The maximum Gasteiger partial charge on any atom is 0.232 e. The third-order valence-electron chi connectivity index (χ3n) is 3.93. The number of hydrogen-bond acceptors (Lipinski definition) is 4. The zero-order chi connectivity index (χ0) is 15.7. The van der Waals surface area contributed by atoms with Crippen molar-refractivity contribution in [2.45, 2.75) is 41.2 Å². The number of phenolic OH excluding ortho intramolecular Hbond substituents is 1. The van der Waals surface area contributed by atoms with Gasteiger partial charge in [0.25, 0.3) is 0 Å². The van der Waals surface area contributed by atoms with Gasteiger partial charge in [0.15, 0.2) is 5.76 Å². The fraction of sp³-hybridized carbons (Fsp3) is 0.471. The van der Waals surface area contributed by atoms with Crippen LogP contribution in [0, 0.1) is 6.92 Å². The largest absolute Gasteiger partial charge is 0.507 e. The summed E-state index contributed by atoms with van der Waals surface area (Å²) in [5.74, 6) is 1.03. The Hall–Kier alpha value is -1.81. The molecule has 0 aromatic heterocycles. The Bertz CT molecular complexity index is 609. The van der Waals surface area contributed by atoms with Crippen molar-refractivity contribution in [1.29, 1.82) is 0 Å². The number of Topliss-reactive ketones (excluding diaryl/α,β-unsaturated/α-hetero) is 1. The molecule has 0 saturated carbocycles. The fourth-order valence-corrected chi connectivity index (χ4v) is 2.62. The number of ketones is 1. The second-order valence-electron chi connectivity index (χ2n) is 5.62. The molecule has 4 nitrogen and oxygen atoms in total. The van der Waals surface area contributed by atoms with Gasteiger partial charge in [-0.3, -0.25) is 9.69 Å². The molecule has 1 N–H and O–H groups in total. The highest BCUT2D eigenvalue weighted by molar-refractivity contribution is 6.14. The first-order valence-electron chi connectivity index (χ1n) is 7.38. The van der Waals surface area contributed by atoms with Crippen molar-refractivity contribution < 1.29 is 14.6 Å². The number of aryl methyl sites for hydroxylation is 1. The van der Waals surface area contributed by atoms with Crippen LogP contribution in [0.4, 0.5) is 0 Å². The van der Waals surface area contributed by atoms with Crippen molar-refractivity contribution >= 4 is 5.78 Å². The first-order chi connectivity index (χ1) is 9.90. The highest BCUT2D eigenvalue weighted by atomic mass is 16.5. The number of carbonyl (C=O) groups is 1. The molecule has 4 heteroatoms. The number of benzene rings is 1. The molecule has 2 rings (SSSR count).